The summed E-state index contributed by atoms with van der Waals surface area (Å²) in [4.78, 5) is 0. The summed E-state index contributed by atoms with van der Waals surface area (Å²) in [5.74, 6) is 1.75. The van der Waals surface area contributed by atoms with Crippen molar-refractivity contribution in [2.24, 2.45) is 11.1 Å². The van der Waals surface area contributed by atoms with E-state index in [1.165, 1.54) is 6.42 Å². The number of hydrogen-bond acceptors (Lipinski definition) is 3. The molecule has 0 saturated heterocycles. The molecule has 0 bridgehead atoms. The van der Waals surface area contributed by atoms with E-state index in [-0.39, 0.29) is 12.1 Å². The normalized spacial score (nSPS) is 25.9. The molecule has 2 unspecified atom stereocenters. The van der Waals surface area contributed by atoms with Gasteiger partial charge in [-0.2, -0.15) is 0 Å². The highest BCUT2D eigenvalue weighted by Gasteiger charge is 2.34. The van der Waals surface area contributed by atoms with Crippen LogP contribution in [0.4, 0.5) is 0 Å². The Balaban J connectivity index is 1.99. The van der Waals surface area contributed by atoms with Crippen LogP contribution >= 0.6 is 0 Å². The zero-order valence-corrected chi connectivity index (χ0v) is 12.2. The molecule has 0 heterocycles. The number of rotatable bonds is 4. The van der Waals surface area contributed by atoms with E-state index >= 15 is 0 Å². The van der Waals surface area contributed by atoms with Crippen LogP contribution in [0.5, 0.6) is 11.5 Å². The zero-order chi connectivity index (χ0) is 13.9. The lowest BCUT2D eigenvalue weighted by Gasteiger charge is -2.39. The van der Waals surface area contributed by atoms with E-state index in [0.717, 1.165) is 24.3 Å². The van der Waals surface area contributed by atoms with Crippen molar-refractivity contribution < 1.29 is 9.47 Å². The lowest BCUT2D eigenvalue weighted by atomic mass is 9.74. The van der Waals surface area contributed by atoms with Gasteiger partial charge in [-0.3, -0.25) is 0 Å². The second-order valence-electron chi connectivity index (χ2n) is 6.13. The molecule has 1 fully saturated rings. The molecule has 2 N–H and O–H groups in total. The quantitative estimate of drug-likeness (QED) is 0.905. The van der Waals surface area contributed by atoms with Crippen molar-refractivity contribution in [3.05, 3.63) is 24.3 Å². The van der Waals surface area contributed by atoms with Crippen LogP contribution in [-0.2, 0) is 0 Å². The van der Waals surface area contributed by atoms with E-state index in [4.69, 9.17) is 15.2 Å². The van der Waals surface area contributed by atoms with Crippen LogP contribution in [-0.4, -0.2) is 18.8 Å². The Labute approximate surface area is 116 Å². The van der Waals surface area contributed by atoms with Crippen LogP contribution in [0.15, 0.2) is 24.3 Å². The van der Waals surface area contributed by atoms with Crippen molar-refractivity contribution in [2.45, 2.75) is 52.2 Å². The minimum atomic E-state index is 0.113. The summed E-state index contributed by atoms with van der Waals surface area (Å²) in [5, 5.41) is 0. The molecule has 1 aromatic carbocycles. The van der Waals surface area contributed by atoms with Gasteiger partial charge in [-0.05, 0) is 55.9 Å². The molecule has 0 radical (unpaired) electrons. The number of nitrogens with two attached hydrogens (primary N) is 1. The fourth-order valence-corrected chi connectivity index (χ4v) is 2.63. The Bertz CT molecular complexity index is 400. The third-order valence-electron chi connectivity index (χ3n) is 3.81. The second kappa shape index (κ2) is 5.83. The zero-order valence-electron chi connectivity index (χ0n) is 12.2. The first-order valence-electron chi connectivity index (χ1n) is 7.15. The van der Waals surface area contributed by atoms with E-state index in [0.29, 0.717) is 12.0 Å². The maximum atomic E-state index is 6.18. The van der Waals surface area contributed by atoms with Crippen LogP contribution in [0.25, 0.3) is 0 Å². The predicted molar refractivity (Wildman–Crippen MR) is 77.6 cm³/mol. The van der Waals surface area contributed by atoms with E-state index < -0.39 is 0 Å². The molecule has 1 aliphatic rings. The Morgan fingerprint density at radius 3 is 2.47 bits per heavy atom. The van der Waals surface area contributed by atoms with Crippen molar-refractivity contribution >= 4 is 0 Å². The second-order valence-corrected chi connectivity index (χ2v) is 6.13. The SMILES string of the molecule is CCOc1ccc(OC2CC(C)(C)CCC2N)cc1. The van der Waals surface area contributed by atoms with Crippen LogP contribution in [0.2, 0.25) is 0 Å². The Kier molecular flexibility index (Phi) is 4.35. The molecule has 1 saturated carbocycles. The van der Waals surface area contributed by atoms with Crippen LogP contribution in [0.1, 0.15) is 40.0 Å². The van der Waals surface area contributed by atoms with Crippen LogP contribution in [0.3, 0.4) is 0 Å². The molecular formula is C16H25NO2. The molecule has 1 aromatic rings. The third-order valence-corrected chi connectivity index (χ3v) is 3.81. The maximum absolute atomic E-state index is 6.18. The van der Waals surface area contributed by atoms with Crippen molar-refractivity contribution in [2.75, 3.05) is 6.61 Å². The predicted octanol–water partition coefficient (Wildman–Crippen LogP) is 3.37. The Morgan fingerprint density at radius 1 is 1.21 bits per heavy atom. The molecule has 2 rings (SSSR count). The molecule has 0 amide bonds. The first-order valence-corrected chi connectivity index (χ1v) is 7.15. The van der Waals surface area contributed by atoms with Gasteiger partial charge >= 0.3 is 0 Å². The molecular weight excluding hydrogens is 238 g/mol. The maximum Gasteiger partial charge on any atom is 0.120 e. The third kappa shape index (κ3) is 3.87. The highest BCUT2D eigenvalue weighted by Crippen LogP contribution is 2.36. The van der Waals surface area contributed by atoms with Crippen molar-refractivity contribution in [3.8, 4) is 11.5 Å². The van der Waals surface area contributed by atoms with E-state index in [9.17, 15) is 0 Å². The standard InChI is InChI=1S/C16H25NO2/c1-4-18-12-5-7-13(8-6-12)19-15-11-16(2,3)10-9-14(15)17/h5-8,14-15H,4,9-11,17H2,1-3H3. The first kappa shape index (κ1) is 14.2. The molecule has 3 heteroatoms. The van der Waals surface area contributed by atoms with E-state index in [2.05, 4.69) is 13.8 Å². The van der Waals surface area contributed by atoms with Crippen LogP contribution in [0, 0.1) is 5.41 Å². The highest BCUT2D eigenvalue weighted by atomic mass is 16.5. The van der Waals surface area contributed by atoms with Gasteiger partial charge in [-0.25, -0.2) is 0 Å². The number of ether oxygens (including phenoxy) is 2. The Morgan fingerprint density at radius 2 is 1.84 bits per heavy atom. The fraction of sp³-hybridized carbons (Fsp3) is 0.625. The Hall–Kier alpha value is -1.22. The van der Waals surface area contributed by atoms with Gasteiger partial charge in [-0.1, -0.05) is 13.8 Å². The van der Waals surface area contributed by atoms with Gasteiger partial charge in [-0.15, -0.1) is 0 Å². The molecule has 3 nitrogen and oxygen atoms in total. The average molecular weight is 263 g/mol. The monoisotopic (exact) mass is 263 g/mol. The molecule has 0 aliphatic heterocycles. The van der Waals surface area contributed by atoms with Gasteiger partial charge in [0.1, 0.15) is 17.6 Å². The fourth-order valence-electron chi connectivity index (χ4n) is 2.63. The van der Waals surface area contributed by atoms with Crippen LogP contribution < -0.4 is 15.2 Å². The van der Waals surface area contributed by atoms with Gasteiger partial charge < -0.3 is 15.2 Å². The summed E-state index contributed by atoms with van der Waals surface area (Å²) in [5.41, 5.74) is 6.50. The van der Waals surface area contributed by atoms with Gasteiger partial charge in [0, 0.05) is 6.04 Å². The molecule has 0 aromatic heterocycles. The summed E-state index contributed by atoms with van der Waals surface area (Å²) < 4.78 is 11.5. The summed E-state index contributed by atoms with van der Waals surface area (Å²) in [6.45, 7) is 7.23. The van der Waals surface area contributed by atoms with Gasteiger partial charge in [0.05, 0.1) is 6.61 Å². The summed E-state index contributed by atoms with van der Waals surface area (Å²) in [6, 6.07) is 7.94. The molecule has 2 atom stereocenters. The lowest BCUT2D eigenvalue weighted by Crippen LogP contribution is -2.46. The molecule has 1 aliphatic carbocycles. The largest absolute Gasteiger partial charge is 0.494 e. The van der Waals surface area contributed by atoms with E-state index in [1.807, 2.05) is 31.2 Å². The smallest absolute Gasteiger partial charge is 0.120 e. The van der Waals surface area contributed by atoms with E-state index in [1.54, 1.807) is 0 Å². The lowest BCUT2D eigenvalue weighted by molar-refractivity contribution is 0.0668. The average Bonchev–Trinajstić information content (AvgIpc) is 2.36. The molecule has 0 spiro atoms. The van der Waals surface area contributed by atoms with Gasteiger partial charge in [0.2, 0.25) is 0 Å². The van der Waals surface area contributed by atoms with Crippen molar-refractivity contribution in [3.63, 3.8) is 0 Å². The minimum Gasteiger partial charge on any atom is -0.494 e. The summed E-state index contributed by atoms with van der Waals surface area (Å²) in [7, 11) is 0. The van der Waals surface area contributed by atoms with Crippen molar-refractivity contribution in [1.82, 2.24) is 0 Å². The first-order chi connectivity index (χ1) is 9.00. The van der Waals surface area contributed by atoms with Crippen molar-refractivity contribution in [1.29, 1.82) is 0 Å². The van der Waals surface area contributed by atoms with Gasteiger partial charge in [0.15, 0.2) is 0 Å². The molecule has 19 heavy (non-hydrogen) atoms. The number of benzene rings is 1. The summed E-state index contributed by atoms with van der Waals surface area (Å²) >= 11 is 0. The molecule has 106 valence electrons. The number of hydrogen-bond donors (Lipinski definition) is 1. The topological polar surface area (TPSA) is 44.5 Å². The minimum absolute atomic E-state index is 0.113. The van der Waals surface area contributed by atoms with Gasteiger partial charge in [0.25, 0.3) is 0 Å². The summed E-state index contributed by atoms with van der Waals surface area (Å²) in [6.07, 6.45) is 3.34. The highest BCUT2D eigenvalue weighted by molar-refractivity contribution is 5.31.